The first kappa shape index (κ1) is 9.23. The Morgan fingerprint density at radius 2 is 2.31 bits per heavy atom. The van der Waals surface area contributed by atoms with Crippen molar-refractivity contribution in [2.24, 2.45) is 11.3 Å². The Balaban J connectivity index is 1.99. The van der Waals surface area contributed by atoms with Gasteiger partial charge in [0.2, 0.25) is 0 Å². The molecule has 2 rings (SSSR count). The molecular weight excluding hydrogens is 160 g/mol. The highest BCUT2D eigenvalue weighted by atomic mass is 16.1. The molecule has 13 heavy (non-hydrogen) atoms. The summed E-state index contributed by atoms with van der Waals surface area (Å²) in [5.74, 6) is 1.42. The molecule has 0 aliphatic heterocycles. The average Bonchev–Trinajstić information content (AvgIpc) is 2.13. The molecule has 2 unspecified atom stereocenters. The van der Waals surface area contributed by atoms with Gasteiger partial charge in [0, 0.05) is 12.8 Å². The molecule has 0 aromatic rings. The van der Waals surface area contributed by atoms with Gasteiger partial charge in [-0.3, -0.25) is 4.79 Å². The van der Waals surface area contributed by atoms with Crippen LogP contribution < -0.4 is 0 Å². The molecule has 1 heteroatoms. The van der Waals surface area contributed by atoms with E-state index in [-0.39, 0.29) is 0 Å². The summed E-state index contributed by atoms with van der Waals surface area (Å²) in [5.41, 5.74) is 0.491. The van der Waals surface area contributed by atoms with Gasteiger partial charge in [0.25, 0.3) is 0 Å². The highest BCUT2D eigenvalue weighted by Gasteiger charge is 2.47. The summed E-state index contributed by atoms with van der Waals surface area (Å²) in [4.78, 5) is 11.4. The van der Waals surface area contributed by atoms with E-state index < -0.39 is 0 Å². The molecule has 0 amide bonds. The van der Waals surface area contributed by atoms with Crippen LogP contribution in [0.5, 0.6) is 0 Å². The highest BCUT2D eigenvalue weighted by molar-refractivity contribution is 5.80. The second kappa shape index (κ2) is 3.43. The van der Waals surface area contributed by atoms with Crippen LogP contribution in [0, 0.1) is 11.3 Å². The van der Waals surface area contributed by atoms with E-state index in [0.717, 1.165) is 18.8 Å². The first-order valence-electron chi connectivity index (χ1n) is 5.78. The van der Waals surface area contributed by atoms with Gasteiger partial charge >= 0.3 is 0 Å². The zero-order valence-electron chi connectivity index (χ0n) is 8.64. The molecule has 0 aromatic carbocycles. The van der Waals surface area contributed by atoms with E-state index in [1.54, 1.807) is 0 Å². The zero-order chi connectivity index (χ0) is 9.31. The lowest BCUT2D eigenvalue weighted by Crippen LogP contribution is -2.43. The average molecular weight is 180 g/mol. The first-order valence-corrected chi connectivity index (χ1v) is 5.78. The van der Waals surface area contributed by atoms with E-state index in [2.05, 4.69) is 6.92 Å². The van der Waals surface area contributed by atoms with Gasteiger partial charge in [0.05, 0.1) is 0 Å². The van der Waals surface area contributed by atoms with Crippen LogP contribution in [0.25, 0.3) is 0 Å². The van der Waals surface area contributed by atoms with Gasteiger partial charge in [-0.15, -0.1) is 0 Å². The van der Waals surface area contributed by atoms with Gasteiger partial charge in [-0.2, -0.15) is 0 Å². The van der Waals surface area contributed by atoms with E-state index in [9.17, 15) is 4.79 Å². The number of carbonyl (C=O) groups is 1. The van der Waals surface area contributed by atoms with Crippen LogP contribution in [-0.2, 0) is 4.79 Å². The molecule has 0 aromatic heterocycles. The zero-order valence-corrected chi connectivity index (χ0v) is 8.64. The number of hydrogen-bond acceptors (Lipinski definition) is 1. The Morgan fingerprint density at radius 3 is 2.85 bits per heavy atom. The van der Waals surface area contributed by atoms with E-state index in [0.29, 0.717) is 11.2 Å². The van der Waals surface area contributed by atoms with Gasteiger partial charge in [-0.25, -0.2) is 0 Å². The molecule has 2 atom stereocenters. The van der Waals surface area contributed by atoms with Gasteiger partial charge in [0.1, 0.15) is 5.78 Å². The minimum absolute atomic E-state index is 0.491. The lowest BCUT2D eigenvalue weighted by molar-refractivity contribution is -0.129. The molecule has 0 N–H and O–H groups in total. The number of rotatable bonds is 2. The van der Waals surface area contributed by atoms with Crippen LogP contribution in [0.4, 0.5) is 0 Å². The fourth-order valence-corrected chi connectivity index (χ4v) is 3.32. The van der Waals surface area contributed by atoms with E-state index in [4.69, 9.17) is 0 Å². The fraction of sp³-hybridized carbons (Fsp3) is 0.917. The monoisotopic (exact) mass is 180 g/mol. The Morgan fingerprint density at radius 1 is 1.46 bits per heavy atom. The van der Waals surface area contributed by atoms with Crippen molar-refractivity contribution in [3.63, 3.8) is 0 Å². The molecule has 2 fully saturated rings. The smallest absolute Gasteiger partial charge is 0.133 e. The topological polar surface area (TPSA) is 17.1 Å². The van der Waals surface area contributed by atoms with Crippen molar-refractivity contribution in [3.05, 3.63) is 0 Å². The maximum absolute atomic E-state index is 11.4. The molecule has 2 saturated carbocycles. The van der Waals surface area contributed by atoms with Crippen molar-refractivity contribution in [3.8, 4) is 0 Å². The highest BCUT2D eigenvalue weighted by Crippen LogP contribution is 2.56. The third kappa shape index (κ3) is 1.53. The molecule has 2 aliphatic carbocycles. The van der Waals surface area contributed by atoms with Crippen LogP contribution in [0.15, 0.2) is 0 Å². The largest absolute Gasteiger partial charge is 0.300 e. The summed E-state index contributed by atoms with van der Waals surface area (Å²) in [6, 6.07) is 0. The summed E-state index contributed by atoms with van der Waals surface area (Å²) >= 11 is 0. The summed E-state index contributed by atoms with van der Waals surface area (Å²) in [5, 5.41) is 0. The minimum atomic E-state index is 0.491. The molecule has 1 spiro atoms. The molecule has 0 saturated heterocycles. The number of hydrogen-bond donors (Lipinski definition) is 0. The third-order valence-electron chi connectivity index (χ3n) is 4.17. The lowest BCUT2D eigenvalue weighted by Gasteiger charge is -2.52. The Kier molecular flexibility index (Phi) is 2.44. The standard InChI is InChI=1S/C12H20O/c1-2-4-10-6-8-12(10)7-3-5-11(13)9-12/h10H,2-9H2,1H3. The van der Waals surface area contributed by atoms with Crippen LogP contribution in [0.3, 0.4) is 0 Å². The molecule has 1 nitrogen and oxygen atoms in total. The fourth-order valence-electron chi connectivity index (χ4n) is 3.32. The van der Waals surface area contributed by atoms with Gasteiger partial charge in [-0.05, 0) is 37.0 Å². The van der Waals surface area contributed by atoms with Crippen LogP contribution in [0.2, 0.25) is 0 Å². The second-order valence-corrected chi connectivity index (χ2v) is 4.96. The molecule has 74 valence electrons. The van der Waals surface area contributed by atoms with Crippen molar-refractivity contribution in [2.75, 3.05) is 0 Å². The van der Waals surface area contributed by atoms with Gasteiger partial charge in [0.15, 0.2) is 0 Å². The summed E-state index contributed by atoms with van der Waals surface area (Å²) < 4.78 is 0. The van der Waals surface area contributed by atoms with Crippen molar-refractivity contribution in [1.29, 1.82) is 0 Å². The quantitative estimate of drug-likeness (QED) is 0.637. The summed E-state index contributed by atoms with van der Waals surface area (Å²) in [6.07, 6.45) is 9.65. The number of Topliss-reactive ketones (excluding diaryl/α,β-unsaturated/α-hetero) is 1. The van der Waals surface area contributed by atoms with Gasteiger partial charge in [-0.1, -0.05) is 19.8 Å². The predicted molar refractivity (Wildman–Crippen MR) is 53.5 cm³/mol. The molecular formula is C12H20O. The number of ketones is 1. The first-order chi connectivity index (χ1) is 6.27. The molecule has 0 radical (unpaired) electrons. The van der Waals surface area contributed by atoms with E-state index in [1.165, 1.54) is 38.5 Å². The Bertz CT molecular complexity index is 209. The van der Waals surface area contributed by atoms with Crippen LogP contribution >= 0.6 is 0 Å². The maximum atomic E-state index is 11.4. The SMILES string of the molecule is CCCC1CCC12CCCC(=O)C2. The van der Waals surface area contributed by atoms with Crippen molar-refractivity contribution < 1.29 is 4.79 Å². The van der Waals surface area contributed by atoms with Crippen molar-refractivity contribution >= 4 is 5.78 Å². The third-order valence-corrected chi connectivity index (χ3v) is 4.17. The molecule has 0 heterocycles. The minimum Gasteiger partial charge on any atom is -0.300 e. The second-order valence-electron chi connectivity index (χ2n) is 4.96. The van der Waals surface area contributed by atoms with Crippen LogP contribution in [-0.4, -0.2) is 5.78 Å². The van der Waals surface area contributed by atoms with Crippen LogP contribution in [0.1, 0.15) is 58.3 Å². The Hall–Kier alpha value is -0.330. The summed E-state index contributed by atoms with van der Waals surface area (Å²) in [6.45, 7) is 2.26. The number of carbonyl (C=O) groups excluding carboxylic acids is 1. The van der Waals surface area contributed by atoms with E-state index in [1.807, 2.05) is 0 Å². The normalized spacial score (nSPS) is 39.2. The van der Waals surface area contributed by atoms with Crippen molar-refractivity contribution in [1.82, 2.24) is 0 Å². The summed E-state index contributed by atoms with van der Waals surface area (Å²) in [7, 11) is 0. The van der Waals surface area contributed by atoms with E-state index >= 15 is 0 Å². The molecule has 2 aliphatic rings. The van der Waals surface area contributed by atoms with Crippen molar-refractivity contribution in [2.45, 2.75) is 58.3 Å². The lowest BCUT2D eigenvalue weighted by atomic mass is 9.53. The predicted octanol–water partition coefficient (Wildman–Crippen LogP) is 3.33. The maximum Gasteiger partial charge on any atom is 0.133 e. The van der Waals surface area contributed by atoms with Gasteiger partial charge < -0.3 is 0 Å². The molecule has 0 bridgehead atoms. The Labute approximate surface area is 80.9 Å².